The second kappa shape index (κ2) is 5.54. The molecule has 1 N–H and O–H groups in total. The fraction of sp³-hybridized carbons (Fsp3) is 0.143. The van der Waals surface area contributed by atoms with E-state index >= 15 is 0 Å². The van der Waals surface area contributed by atoms with Crippen LogP contribution in [0.25, 0.3) is 10.2 Å². The van der Waals surface area contributed by atoms with Crippen molar-refractivity contribution in [3.05, 3.63) is 46.1 Å². The third kappa shape index (κ3) is 2.69. The molecule has 3 nitrogen and oxygen atoms in total. The molecular weight excluding hydrogens is 316 g/mol. The quantitative estimate of drug-likeness (QED) is 0.694. The van der Waals surface area contributed by atoms with Crippen molar-refractivity contribution in [1.29, 1.82) is 0 Å². The number of nitrogens with one attached hydrogen (secondary N) is 1. The molecule has 0 saturated carbocycles. The lowest BCUT2D eigenvalue weighted by Crippen LogP contribution is -2.00. The van der Waals surface area contributed by atoms with Gasteiger partial charge in [0.25, 0.3) is 0 Å². The topological polar surface area (TPSA) is 37.8 Å². The summed E-state index contributed by atoms with van der Waals surface area (Å²) in [7, 11) is 0. The van der Waals surface area contributed by atoms with Gasteiger partial charge >= 0.3 is 0 Å². The number of rotatable bonds is 3. The molecular formula is C14H10ClF2N3S. The van der Waals surface area contributed by atoms with Crippen LogP contribution in [0.1, 0.15) is 11.8 Å². The molecule has 0 bridgehead atoms. The number of aryl methyl sites for hydroxylation is 1. The summed E-state index contributed by atoms with van der Waals surface area (Å²) in [6.45, 7) is 2.02. The molecule has 0 aliphatic rings. The lowest BCUT2D eigenvalue weighted by atomic mass is 10.2. The molecule has 0 unspecified atom stereocenters. The van der Waals surface area contributed by atoms with E-state index in [-0.39, 0.29) is 11.0 Å². The van der Waals surface area contributed by atoms with Crippen LogP contribution in [0.5, 0.6) is 0 Å². The molecule has 2 heterocycles. The summed E-state index contributed by atoms with van der Waals surface area (Å²) in [6, 6.07) is 5.56. The van der Waals surface area contributed by atoms with E-state index in [1.165, 1.54) is 29.5 Å². The first-order valence-corrected chi connectivity index (χ1v) is 7.45. The van der Waals surface area contributed by atoms with Gasteiger partial charge in [-0.05, 0) is 36.2 Å². The number of anilines is 2. The highest BCUT2D eigenvalue weighted by Gasteiger charge is 2.14. The molecule has 0 amide bonds. The van der Waals surface area contributed by atoms with Crippen LogP contribution in [-0.4, -0.2) is 9.97 Å². The van der Waals surface area contributed by atoms with Crippen LogP contribution in [0, 0.1) is 11.6 Å². The Bertz CT molecular complexity index is 799. The summed E-state index contributed by atoms with van der Waals surface area (Å²) >= 11 is 7.36. The summed E-state index contributed by atoms with van der Waals surface area (Å²) < 4.78 is 27.5. The van der Waals surface area contributed by atoms with Gasteiger partial charge in [-0.2, -0.15) is 4.98 Å². The number of fused-ring (bicyclic) bond motifs is 1. The summed E-state index contributed by atoms with van der Waals surface area (Å²) in [6.07, 6.45) is 0.839. The lowest BCUT2D eigenvalue weighted by molar-refractivity contribution is 0.590. The normalized spacial score (nSPS) is 11.0. The van der Waals surface area contributed by atoms with Gasteiger partial charge in [-0.1, -0.05) is 13.0 Å². The molecule has 3 rings (SSSR count). The minimum Gasteiger partial charge on any atom is -0.335 e. The predicted molar refractivity (Wildman–Crippen MR) is 81.4 cm³/mol. The fourth-order valence-electron chi connectivity index (χ4n) is 1.95. The minimum atomic E-state index is -0.691. The number of nitrogens with zero attached hydrogens (tertiary/aromatic N) is 2. The molecule has 7 heteroatoms. The molecule has 21 heavy (non-hydrogen) atoms. The monoisotopic (exact) mass is 325 g/mol. The zero-order chi connectivity index (χ0) is 15.0. The van der Waals surface area contributed by atoms with Crippen LogP contribution in [0.15, 0.2) is 24.3 Å². The van der Waals surface area contributed by atoms with Crippen LogP contribution in [0.4, 0.5) is 20.3 Å². The first-order valence-electron chi connectivity index (χ1n) is 6.25. The number of hydrogen-bond donors (Lipinski definition) is 1. The van der Waals surface area contributed by atoms with Crippen LogP contribution in [0.2, 0.25) is 5.28 Å². The molecule has 0 saturated heterocycles. The van der Waals surface area contributed by atoms with Crippen molar-refractivity contribution in [1.82, 2.24) is 9.97 Å². The third-order valence-electron chi connectivity index (χ3n) is 2.97. The Morgan fingerprint density at radius 2 is 1.95 bits per heavy atom. The molecule has 0 fully saturated rings. The van der Waals surface area contributed by atoms with E-state index in [1.807, 2.05) is 13.0 Å². The van der Waals surface area contributed by atoms with Gasteiger partial charge in [-0.25, -0.2) is 13.8 Å². The van der Waals surface area contributed by atoms with E-state index in [4.69, 9.17) is 11.6 Å². The van der Waals surface area contributed by atoms with Gasteiger partial charge in [0, 0.05) is 4.88 Å². The molecule has 0 aliphatic carbocycles. The van der Waals surface area contributed by atoms with Crippen LogP contribution in [0.3, 0.4) is 0 Å². The average Bonchev–Trinajstić information content (AvgIpc) is 2.86. The zero-order valence-corrected chi connectivity index (χ0v) is 12.5. The Morgan fingerprint density at radius 3 is 2.62 bits per heavy atom. The Labute approximate surface area is 128 Å². The molecule has 2 aromatic heterocycles. The van der Waals surface area contributed by atoms with Crippen molar-refractivity contribution in [2.45, 2.75) is 13.3 Å². The van der Waals surface area contributed by atoms with Gasteiger partial charge in [0.2, 0.25) is 5.28 Å². The Balaban J connectivity index is 2.13. The van der Waals surface area contributed by atoms with E-state index in [2.05, 4.69) is 15.3 Å². The van der Waals surface area contributed by atoms with E-state index in [0.29, 0.717) is 16.0 Å². The second-order valence-corrected chi connectivity index (χ2v) is 5.80. The molecule has 0 spiro atoms. The number of hydrogen-bond acceptors (Lipinski definition) is 4. The number of aromatic nitrogens is 2. The maximum absolute atomic E-state index is 13.7. The Hall–Kier alpha value is -1.79. The van der Waals surface area contributed by atoms with Gasteiger partial charge in [0.15, 0.2) is 0 Å². The molecule has 0 atom stereocenters. The Morgan fingerprint density at radius 1 is 1.24 bits per heavy atom. The number of halogens is 3. The van der Waals surface area contributed by atoms with Gasteiger partial charge in [0.1, 0.15) is 28.0 Å². The zero-order valence-electron chi connectivity index (χ0n) is 11.0. The first kappa shape index (κ1) is 14.2. The van der Waals surface area contributed by atoms with E-state index in [1.54, 1.807) is 0 Å². The lowest BCUT2D eigenvalue weighted by Gasteiger charge is -2.08. The van der Waals surface area contributed by atoms with Crippen molar-refractivity contribution in [3.8, 4) is 0 Å². The van der Waals surface area contributed by atoms with E-state index in [9.17, 15) is 8.78 Å². The van der Waals surface area contributed by atoms with Crippen molar-refractivity contribution >= 4 is 44.7 Å². The number of thiophene rings is 1. The summed E-state index contributed by atoms with van der Waals surface area (Å²) in [5.41, 5.74) is -0.252. The standard InChI is InChI=1S/C14H10ClF2N3S/c1-2-7-6-8-12(19-14(15)20-13(8)21-7)18-11-9(16)4-3-5-10(11)17/h3-6H,2H2,1H3,(H,18,19,20). The fourth-order valence-corrected chi connectivity index (χ4v) is 3.14. The van der Waals surface area contributed by atoms with Gasteiger partial charge in [-0.3, -0.25) is 0 Å². The molecule has 0 radical (unpaired) electrons. The summed E-state index contributed by atoms with van der Waals surface area (Å²) in [4.78, 5) is 9.96. The smallest absolute Gasteiger partial charge is 0.225 e. The van der Waals surface area contributed by atoms with Crippen LogP contribution in [-0.2, 0) is 6.42 Å². The molecule has 3 aromatic rings. The molecule has 0 aliphatic heterocycles. The van der Waals surface area contributed by atoms with Gasteiger partial charge in [-0.15, -0.1) is 11.3 Å². The first-order chi connectivity index (χ1) is 10.1. The second-order valence-electron chi connectivity index (χ2n) is 4.35. The predicted octanol–water partition coefficient (Wildman–Crippen LogP) is 4.93. The average molecular weight is 326 g/mol. The highest BCUT2D eigenvalue weighted by molar-refractivity contribution is 7.18. The van der Waals surface area contributed by atoms with Gasteiger partial charge < -0.3 is 5.32 Å². The maximum atomic E-state index is 13.7. The van der Waals surface area contributed by atoms with Gasteiger partial charge in [0.05, 0.1) is 5.39 Å². The van der Waals surface area contributed by atoms with E-state index < -0.39 is 11.6 Å². The van der Waals surface area contributed by atoms with Crippen molar-refractivity contribution in [3.63, 3.8) is 0 Å². The van der Waals surface area contributed by atoms with Crippen LogP contribution >= 0.6 is 22.9 Å². The maximum Gasteiger partial charge on any atom is 0.225 e. The summed E-state index contributed by atoms with van der Waals surface area (Å²) in [5, 5.41) is 3.41. The minimum absolute atomic E-state index is 0.0336. The SMILES string of the molecule is CCc1cc2c(Nc3c(F)cccc3F)nc(Cl)nc2s1. The van der Waals surface area contributed by atoms with E-state index in [0.717, 1.165) is 11.3 Å². The van der Waals surface area contributed by atoms with Crippen molar-refractivity contribution < 1.29 is 8.78 Å². The largest absolute Gasteiger partial charge is 0.335 e. The van der Waals surface area contributed by atoms with Crippen LogP contribution < -0.4 is 5.32 Å². The van der Waals surface area contributed by atoms with Crippen molar-refractivity contribution in [2.24, 2.45) is 0 Å². The van der Waals surface area contributed by atoms with Crippen molar-refractivity contribution in [2.75, 3.05) is 5.32 Å². The third-order valence-corrected chi connectivity index (χ3v) is 4.31. The Kier molecular flexibility index (Phi) is 3.73. The summed E-state index contributed by atoms with van der Waals surface area (Å²) in [5.74, 6) is -1.09. The number of para-hydroxylation sites is 1. The molecule has 1 aromatic carbocycles. The number of benzene rings is 1. The highest BCUT2D eigenvalue weighted by atomic mass is 35.5. The molecule has 108 valence electrons. The highest BCUT2D eigenvalue weighted by Crippen LogP contribution is 2.33.